The Hall–Kier alpha value is -1.55. The summed E-state index contributed by atoms with van der Waals surface area (Å²) in [6, 6.07) is 1.94. The molecule has 2 aromatic rings. The number of aromatic amines is 2. The molecule has 0 spiro atoms. The van der Waals surface area contributed by atoms with Gasteiger partial charge in [-0.05, 0) is 6.07 Å². The fourth-order valence-corrected chi connectivity index (χ4v) is 1.08. The van der Waals surface area contributed by atoms with Crippen LogP contribution in [0.1, 0.15) is 5.82 Å². The van der Waals surface area contributed by atoms with E-state index in [1.807, 2.05) is 18.5 Å². The normalized spacial score (nSPS) is 10.4. The minimum Gasteiger partial charge on any atom is -0.388 e. The highest BCUT2D eigenvalue weighted by Crippen LogP contribution is 2.15. The van der Waals surface area contributed by atoms with Crippen molar-refractivity contribution in [2.45, 2.75) is 6.61 Å². The van der Waals surface area contributed by atoms with Gasteiger partial charge in [-0.15, -0.1) is 0 Å². The summed E-state index contributed by atoms with van der Waals surface area (Å²) >= 11 is 0. The highest BCUT2D eigenvalue weighted by atomic mass is 16.3. The predicted molar refractivity (Wildman–Crippen MR) is 44.3 cm³/mol. The molecular weight excluding hydrogens is 154 g/mol. The zero-order valence-corrected chi connectivity index (χ0v) is 6.41. The van der Waals surface area contributed by atoms with Crippen molar-refractivity contribution in [2.75, 3.05) is 0 Å². The number of aromatic nitrogens is 3. The fourth-order valence-electron chi connectivity index (χ4n) is 1.08. The zero-order chi connectivity index (χ0) is 8.39. The minimum atomic E-state index is -0.0512. The quantitative estimate of drug-likeness (QED) is 0.615. The van der Waals surface area contributed by atoms with Gasteiger partial charge in [-0.2, -0.15) is 0 Å². The van der Waals surface area contributed by atoms with Gasteiger partial charge in [0.05, 0.1) is 11.9 Å². The SMILES string of the molecule is OCc1ncc(-c2cc[nH]c2)[nH]1. The van der Waals surface area contributed by atoms with Crippen LogP contribution in [0.25, 0.3) is 11.3 Å². The van der Waals surface area contributed by atoms with Gasteiger partial charge in [0.15, 0.2) is 0 Å². The first-order valence-electron chi connectivity index (χ1n) is 3.68. The molecule has 0 fully saturated rings. The number of hydrogen-bond donors (Lipinski definition) is 3. The average Bonchev–Trinajstić information content (AvgIpc) is 2.75. The van der Waals surface area contributed by atoms with E-state index in [0.29, 0.717) is 5.82 Å². The van der Waals surface area contributed by atoms with Gasteiger partial charge in [0.2, 0.25) is 0 Å². The molecule has 0 atom stereocenters. The van der Waals surface area contributed by atoms with Crippen molar-refractivity contribution in [2.24, 2.45) is 0 Å². The molecule has 2 aromatic heterocycles. The second kappa shape index (κ2) is 2.83. The summed E-state index contributed by atoms with van der Waals surface area (Å²) in [6.45, 7) is -0.0512. The Bertz CT molecular complexity index is 350. The van der Waals surface area contributed by atoms with Crippen molar-refractivity contribution in [1.29, 1.82) is 0 Å². The number of nitrogens with zero attached hydrogens (tertiary/aromatic N) is 1. The molecule has 0 aliphatic rings. The van der Waals surface area contributed by atoms with Crippen LogP contribution in [0, 0.1) is 0 Å². The van der Waals surface area contributed by atoms with E-state index in [-0.39, 0.29) is 6.61 Å². The molecule has 0 aliphatic carbocycles. The number of aliphatic hydroxyl groups is 1. The lowest BCUT2D eigenvalue weighted by Crippen LogP contribution is -1.84. The van der Waals surface area contributed by atoms with Crippen molar-refractivity contribution in [1.82, 2.24) is 15.0 Å². The molecule has 0 radical (unpaired) electrons. The Labute approximate surface area is 69.3 Å². The third-order valence-corrected chi connectivity index (χ3v) is 1.69. The van der Waals surface area contributed by atoms with E-state index in [2.05, 4.69) is 15.0 Å². The number of aliphatic hydroxyl groups excluding tert-OH is 1. The van der Waals surface area contributed by atoms with E-state index in [4.69, 9.17) is 5.11 Å². The first-order chi connectivity index (χ1) is 5.90. The molecular formula is C8H9N3O. The zero-order valence-electron chi connectivity index (χ0n) is 6.41. The monoisotopic (exact) mass is 163 g/mol. The summed E-state index contributed by atoms with van der Waals surface area (Å²) in [5.41, 5.74) is 1.96. The summed E-state index contributed by atoms with van der Waals surface area (Å²) in [6.07, 6.45) is 5.41. The molecule has 2 heterocycles. The Morgan fingerprint density at radius 1 is 1.50 bits per heavy atom. The van der Waals surface area contributed by atoms with Crippen LogP contribution in [-0.2, 0) is 6.61 Å². The Morgan fingerprint density at radius 2 is 2.42 bits per heavy atom. The fraction of sp³-hybridized carbons (Fsp3) is 0.125. The Balaban J connectivity index is 2.35. The minimum absolute atomic E-state index is 0.0512. The van der Waals surface area contributed by atoms with E-state index < -0.39 is 0 Å². The maximum atomic E-state index is 8.75. The molecule has 4 heteroatoms. The van der Waals surface area contributed by atoms with Crippen molar-refractivity contribution in [3.8, 4) is 11.3 Å². The second-order valence-corrected chi connectivity index (χ2v) is 2.50. The molecule has 12 heavy (non-hydrogen) atoms. The molecule has 0 aliphatic heterocycles. The van der Waals surface area contributed by atoms with E-state index in [9.17, 15) is 0 Å². The molecule has 0 aromatic carbocycles. The third kappa shape index (κ3) is 1.12. The van der Waals surface area contributed by atoms with E-state index in [0.717, 1.165) is 11.3 Å². The van der Waals surface area contributed by atoms with Gasteiger partial charge in [0, 0.05) is 18.0 Å². The summed E-state index contributed by atoms with van der Waals surface area (Å²) in [4.78, 5) is 9.90. The van der Waals surface area contributed by atoms with Crippen LogP contribution in [0.15, 0.2) is 24.7 Å². The highest BCUT2D eigenvalue weighted by molar-refractivity contribution is 5.56. The van der Waals surface area contributed by atoms with Crippen LogP contribution >= 0.6 is 0 Å². The summed E-state index contributed by atoms with van der Waals surface area (Å²) < 4.78 is 0. The molecule has 0 bridgehead atoms. The third-order valence-electron chi connectivity index (χ3n) is 1.69. The van der Waals surface area contributed by atoms with Gasteiger partial charge >= 0.3 is 0 Å². The summed E-state index contributed by atoms with van der Waals surface area (Å²) in [7, 11) is 0. The van der Waals surface area contributed by atoms with Crippen LogP contribution < -0.4 is 0 Å². The molecule has 0 saturated carbocycles. The number of imidazole rings is 1. The molecule has 4 nitrogen and oxygen atoms in total. The van der Waals surface area contributed by atoms with Crippen LogP contribution in [0.3, 0.4) is 0 Å². The van der Waals surface area contributed by atoms with Crippen molar-refractivity contribution in [3.05, 3.63) is 30.5 Å². The first kappa shape index (κ1) is 7.12. The maximum absolute atomic E-state index is 8.75. The van der Waals surface area contributed by atoms with Gasteiger partial charge < -0.3 is 15.1 Å². The lowest BCUT2D eigenvalue weighted by Gasteiger charge is -1.88. The molecule has 2 rings (SSSR count). The molecule has 0 saturated heterocycles. The van der Waals surface area contributed by atoms with Gasteiger partial charge in [0.25, 0.3) is 0 Å². The Morgan fingerprint density at radius 3 is 3.00 bits per heavy atom. The standard InChI is InChI=1S/C8H9N3O/c12-5-8-10-4-7(11-8)6-1-2-9-3-6/h1-4,9,12H,5H2,(H,10,11). The molecule has 0 unspecified atom stereocenters. The summed E-state index contributed by atoms with van der Waals surface area (Å²) in [5, 5.41) is 8.75. The van der Waals surface area contributed by atoms with Gasteiger partial charge in [0.1, 0.15) is 12.4 Å². The van der Waals surface area contributed by atoms with Crippen LogP contribution in [0.4, 0.5) is 0 Å². The predicted octanol–water partition coefficient (Wildman–Crippen LogP) is 0.897. The van der Waals surface area contributed by atoms with Crippen molar-refractivity contribution >= 4 is 0 Å². The molecule has 62 valence electrons. The van der Waals surface area contributed by atoms with E-state index in [1.165, 1.54) is 0 Å². The molecule has 3 N–H and O–H groups in total. The highest BCUT2D eigenvalue weighted by Gasteiger charge is 2.01. The number of hydrogen-bond acceptors (Lipinski definition) is 2. The largest absolute Gasteiger partial charge is 0.388 e. The second-order valence-electron chi connectivity index (χ2n) is 2.50. The smallest absolute Gasteiger partial charge is 0.132 e. The number of rotatable bonds is 2. The van der Waals surface area contributed by atoms with Gasteiger partial charge in [-0.3, -0.25) is 0 Å². The summed E-state index contributed by atoms with van der Waals surface area (Å²) in [5.74, 6) is 0.589. The van der Waals surface area contributed by atoms with Crippen molar-refractivity contribution < 1.29 is 5.11 Å². The maximum Gasteiger partial charge on any atom is 0.132 e. The first-order valence-corrected chi connectivity index (χ1v) is 3.68. The van der Waals surface area contributed by atoms with Crippen LogP contribution in [-0.4, -0.2) is 20.1 Å². The van der Waals surface area contributed by atoms with E-state index >= 15 is 0 Å². The molecule has 0 amide bonds. The van der Waals surface area contributed by atoms with Gasteiger partial charge in [-0.25, -0.2) is 4.98 Å². The van der Waals surface area contributed by atoms with Gasteiger partial charge in [-0.1, -0.05) is 0 Å². The lowest BCUT2D eigenvalue weighted by atomic mass is 10.3. The van der Waals surface area contributed by atoms with Crippen molar-refractivity contribution in [3.63, 3.8) is 0 Å². The average molecular weight is 163 g/mol. The van der Waals surface area contributed by atoms with Crippen LogP contribution in [0.2, 0.25) is 0 Å². The number of nitrogens with one attached hydrogen (secondary N) is 2. The van der Waals surface area contributed by atoms with Crippen LogP contribution in [0.5, 0.6) is 0 Å². The number of H-pyrrole nitrogens is 2. The Kier molecular flexibility index (Phi) is 1.68. The topological polar surface area (TPSA) is 64.7 Å². The van der Waals surface area contributed by atoms with E-state index in [1.54, 1.807) is 6.20 Å². The lowest BCUT2D eigenvalue weighted by molar-refractivity contribution is 0.272.